The normalized spacial score (nSPS) is 30.9. The summed E-state index contributed by atoms with van der Waals surface area (Å²) in [6, 6.07) is 0.613. The maximum Gasteiger partial charge on any atom is 0.223 e. The predicted octanol–water partition coefficient (Wildman–Crippen LogP) is 2.60. The largest absolute Gasteiger partial charge is 0.334 e. The summed E-state index contributed by atoms with van der Waals surface area (Å²) in [6.45, 7) is 6.54. The summed E-state index contributed by atoms with van der Waals surface area (Å²) in [5, 5.41) is 0. The van der Waals surface area contributed by atoms with Crippen LogP contribution in [0.1, 0.15) is 52.4 Å². The van der Waals surface area contributed by atoms with Gasteiger partial charge in [-0.05, 0) is 45.6 Å². The number of halogens is 1. The lowest BCUT2D eigenvalue weighted by molar-refractivity contribution is -0.131. The van der Waals surface area contributed by atoms with Crippen LogP contribution in [-0.2, 0) is 4.79 Å². The number of alkyl halides is 1. The highest BCUT2D eigenvalue weighted by Crippen LogP contribution is 2.39. The molecule has 0 aromatic heterocycles. The van der Waals surface area contributed by atoms with Gasteiger partial charge in [0, 0.05) is 31.1 Å². The quantitative estimate of drug-likeness (QED) is 0.784. The van der Waals surface area contributed by atoms with Gasteiger partial charge in [0.15, 0.2) is 0 Å². The maximum absolute atomic E-state index is 12.7. The molecule has 2 aliphatic rings. The highest BCUT2D eigenvalue weighted by molar-refractivity contribution is 5.79. The topological polar surface area (TPSA) is 23.6 Å². The van der Waals surface area contributed by atoms with Crippen LogP contribution in [0.25, 0.3) is 0 Å². The predicted molar refractivity (Wildman–Crippen MR) is 74.8 cm³/mol. The molecule has 0 unspecified atom stereocenters. The van der Waals surface area contributed by atoms with E-state index in [4.69, 9.17) is 0 Å². The minimum absolute atomic E-state index is 0.0363. The van der Waals surface area contributed by atoms with E-state index in [0.29, 0.717) is 19.0 Å². The summed E-state index contributed by atoms with van der Waals surface area (Å²) in [5.74, 6) is 0.162. The fourth-order valence-electron chi connectivity index (χ4n) is 3.74. The van der Waals surface area contributed by atoms with Crippen LogP contribution >= 0.6 is 0 Å². The molecular formula is C15H27FN2O. The van der Waals surface area contributed by atoms with Crippen molar-refractivity contribution in [1.29, 1.82) is 0 Å². The molecule has 0 aliphatic carbocycles. The molecule has 2 aliphatic heterocycles. The minimum atomic E-state index is -0.414. The fraction of sp³-hybridized carbons (Fsp3) is 0.933. The van der Waals surface area contributed by atoms with Crippen LogP contribution in [-0.4, -0.2) is 53.6 Å². The number of hydrogen-bond acceptors (Lipinski definition) is 2. The van der Waals surface area contributed by atoms with Crippen molar-refractivity contribution in [3.05, 3.63) is 0 Å². The van der Waals surface area contributed by atoms with Crippen LogP contribution in [0, 0.1) is 0 Å². The number of hydrogen-bond donors (Lipinski definition) is 0. The molecule has 0 saturated carbocycles. The molecule has 1 spiro atoms. The number of carbonyl (C=O) groups is 1. The van der Waals surface area contributed by atoms with Gasteiger partial charge in [0.25, 0.3) is 0 Å². The summed E-state index contributed by atoms with van der Waals surface area (Å²) < 4.78 is 12.7. The average molecular weight is 270 g/mol. The second-order valence-electron chi connectivity index (χ2n) is 6.11. The molecule has 3 nitrogen and oxygen atoms in total. The second-order valence-corrected chi connectivity index (χ2v) is 6.11. The Labute approximate surface area is 116 Å². The zero-order chi connectivity index (χ0) is 13.9. The van der Waals surface area contributed by atoms with Crippen molar-refractivity contribution in [3.63, 3.8) is 0 Å². The van der Waals surface area contributed by atoms with Crippen LogP contribution in [0.3, 0.4) is 0 Å². The zero-order valence-electron chi connectivity index (χ0n) is 12.3. The Hall–Kier alpha value is -0.640. The third-order valence-electron chi connectivity index (χ3n) is 5.15. The smallest absolute Gasteiger partial charge is 0.223 e. The van der Waals surface area contributed by atoms with E-state index in [1.807, 2.05) is 4.90 Å². The van der Waals surface area contributed by atoms with Crippen LogP contribution in [0.2, 0.25) is 0 Å². The average Bonchev–Trinajstić information content (AvgIpc) is 2.62. The van der Waals surface area contributed by atoms with E-state index in [2.05, 4.69) is 18.7 Å². The highest BCUT2D eigenvalue weighted by atomic mass is 19.1. The van der Waals surface area contributed by atoms with E-state index in [0.717, 1.165) is 38.8 Å². The first kappa shape index (κ1) is 14.8. The lowest BCUT2D eigenvalue weighted by atomic mass is 9.88. The van der Waals surface area contributed by atoms with Crippen LogP contribution in [0.15, 0.2) is 0 Å². The van der Waals surface area contributed by atoms with Crippen molar-refractivity contribution in [1.82, 2.24) is 9.80 Å². The van der Waals surface area contributed by atoms with Crippen LogP contribution in [0.5, 0.6) is 0 Å². The van der Waals surface area contributed by atoms with Gasteiger partial charge in [-0.2, -0.15) is 0 Å². The molecule has 0 N–H and O–H groups in total. The SMILES string of the molecule is CC[C@H](C)N1CCC[C@@]2(CCC(=O)N2CCF)CC1. The summed E-state index contributed by atoms with van der Waals surface area (Å²) in [4.78, 5) is 16.4. The Morgan fingerprint density at radius 1 is 1.32 bits per heavy atom. The summed E-state index contributed by atoms with van der Waals surface area (Å²) in [5.41, 5.74) is -0.0363. The van der Waals surface area contributed by atoms with E-state index >= 15 is 0 Å². The van der Waals surface area contributed by atoms with E-state index in [1.54, 1.807) is 0 Å². The molecule has 0 aromatic carbocycles. The molecule has 4 heteroatoms. The molecule has 1 amide bonds. The molecule has 0 bridgehead atoms. The van der Waals surface area contributed by atoms with Gasteiger partial charge in [-0.3, -0.25) is 4.79 Å². The molecular weight excluding hydrogens is 243 g/mol. The molecule has 2 atom stereocenters. The van der Waals surface area contributed by atoms with E-state index < -0.39 is 6.67 Å². The van der Waals surface area contributed by atoms with E-state index in [1.165, 1.54) is 6.42 Å². The maximum atomic E-state index is 12.7. The Morgan fingerprint density at radius 3 is 2.79 bits per heavy atom. The number of carbonyl (C=O) groups excluding carboxylic acids is 1. The molecule has 110 valence electrons. The summed E-state index contributed by atoms with van der Waals surface area (Å²) in [7, 11) is 0. The van der Waals surface area contributed by atoms with Crippen molar-refractivity contribution >= 4 is 5.91 Å². The lowest BCUT2D eigenvalue weighted by Crippen LogP contribution is -2.47. The van der Waals surface area contributed by atoms with Gasteiger partial charge in [0.2, 0.25) is 5.91 Å². The van der Waals surface area contributed by atoms with Crippen molar-refractivity contribution in [2.45, 2.75) is 64.0 Å². The Kier molecular flexibility index (Phi) is 4.82. The summed E-state index contributed by atoms with van der Waals surface area (Å²) >= 11 is 0. The highest BCUT2D eigenvalue weighted by Gasteiger charge is 2.45. The molecule has 19 heavy (non-hydrogen) atoms. The number of likely N-dealkylation sites (tertiary alicyclic amines) is 2. The van der Waals surface area contributed by atoms with Crippen LogP contribution < -0.4 is 0 Å². The van der Waals surface area contributed by atoms with Crippen molar-refractivity contribution in [2.24, 2.45) is 0 Å². The third-order valence-corrected chi connectivity index (χ3v) is 5.15. The third kappa shape index (κ3) is 2.93. The van der Waals surface area contributed by atoms with Gasteiger partial charge >= 0.3 is 0 Å². The first-order chi connectivity index (χ1) is 9.13. The minimum Gasteiger partial charge on any atom is -0.334 e. The molecule has 2 heterocycles. The second kappa shape index (κ2) is 6.21. The number of amides is 1. The number of rotatable bonds is 4. The van der Waals surface area contributed by atoms with Crippen molar-refractivity contribution in [3.8, 4) is 0 Å². The summed E-state index contributed by atoms with van der Waals surface area (Å²) in [6.07, 6.45) is 5.90. The van der Waals surface area contributed by atoms with Gasteiger partial charge in [0.05, 0.1) is 0 Å². The van der Waals surface area contributed by atoms with Gasteiger partial charge in [-0.25, -0.2) is 4.39 Å². The molecule has 2 saturated heterocycles. The Bertz CT molecular complexity index is 323. The lowest BCUT2D eigenvalue weighted by Gasteiger charge is -2.38. The standard InChI is InChI=1S/C15H27FN2O/c1-3-13(2)17-10-4-6-15(8-11-17)7-5-14(19)18(15)12-9-16/h13H,3-12H2,1-2H3/t13-,15+/m0/s1. The van der Waals surface area contributed by atoms with Gasteiger partial charge in [-0.15, -0.1) is 0 Å². The Morgan fingerprint density at radius 2 is 2.11 bits per heavy atom. The molecule has 2 rings (SSSR count). The van der Waals surface area contributed by atoms with Crippen molar-refractivity contribution in [2.75, 3.05) is 26.3 Å². The first-order valence-electron chi connectivity index (χ1n) is 7.73. The Balaban J connectivity index is 2.06. The van der Waals surface area contributed by atoms with Crippen molar-refractivity contribution < 1.29 is 9.18 Å². The molecule has 0 aromatic rings. The monoisotopic (exact) mass is 270 g/mol. The number of nitrogens with zero attached hydrogens (tertiary/aromatic N) is 2. The van der Waals surface area contributed by atoms with E-state index in [9.17, 15) is 9.18 Å². The molecule has 0 radical (unpaired) electrons. The molecule has 2 fully saturated rings. The van der Waals surface area contributed by atoms with Gasteiger partial charge in [-0.1, -0.05) is 6.92 Å². The van der Waals surface area contributed by atoms with Crippen LogP contribution in [0.4, 0.5) is 4.39 Å². The zero-order valence-corrected chi connectivity index (χ0v) is 12.3. The van der Waals surface area contributed by atoms with Gasteiger partial charge in [0.1, 0.15) is 6.67 Å². The van der Waals surface area contributed by atoms with Gasteiger partial charge < -0.3 is 9.80 Å². The fourth-order valence-corrected chi connectivity index (χ4v) is 3.74. The first-order valence-corrected chi connectivity index (χ1v) is 7.73. The van der Waals surface area contributed by atoms with E-state index in [-0.39, 0.29) is 11.4 Å².